The zero-order valence-corrected chi connectivity index (χ0v) is 14.8. The number of esters is 1. The molecular weight excluding hydrogens is 352 g/mol. The molecule has 0 spiro atoms. The van der Waals surface area contributed by atoms with E-state index in [1.165, 1.54) is 17.9 Å². The predicted octanol–water partition coefficient (Wildman–Crippen LogP) is 1.47. The minimum absolute atomic E-state index is 0.182. The summed E-state index contributed by atoms with van der Waals surface area (Å²) in [7, 11) is 1.22. The molecular formula is C19H20N2O6. The molecule has 0 radical (unpaired) electrons. The Balaban J connectivity index is 1.53. The average Bonchev–Trinajstić information content (AvgIpc) is 2.73. The van der Waals surface area contributed by atoms with E-state index in [4.69, 9.17) is 14.2 Å². The molecule has 4 atom stereocenters. The van der Waals surface area contributed by atoms with Crippen LogP contribution in [0.3, 0.4) is 0 Å². The number of carbonyl (C=O) groups excluding carboxylic acids is 1. The second-order valence-electron chi connectivity index (χ2n) is 6.49. The van der Waals surface area contributed by atoms with Crippen LogP contribution in [0.15, 0.2) is 47.5 Å². The van der Waals surface area contributed by atoms with Crippen molar-refractivity contribution >= 4 is 5.97 Å². The minimum Gasteiger partial charge on any atom is -0.464 e. The first-order chi connectivity index (χ1) is 13.2. The van der Waals surface area contributed by atoms with Crippen molar-refractivity contribution in [2.75, 3.05) is 20.3 Å². The first-order valence-corrected chi connectivity index (χ1v) is 8.76. The molecule has 1 unspecified atom stereocenters. The number of fused-ring (bicyclic) bond motifs is 1. The summed E-state index contributed by atoms with van der Waals surface area (Å²) in [6, 6.07) is 9.42. The van der Waals surface area contributed by atoms with Gasteiger partial charge in [-0.25, -0.2) is 9.78 Å². The van der Waals surface area contributed by atoms with E-state index in [1.807, 2.05) is 30.3 Å². The third kappa shape index (κ3) is 3.51. The van der Waals surface area contributed by atoms with Crippen molar-refractivity contribution < 1.29 is 23.7 Å². The van der Waals surface area contributed by atoms with Crippen molar-refractivity contribution in [3.63, 3.8) is 0 Å². The van der Waals surface area contributed by atoms with Gasteiger partial charge in [-0.05, 0) is 6.42 Å². The van der Waals surface area contributed by atoms with E-state index in [0.29, 0.717) is 19.6 Å². The number of hydrogen-bond acceptors (Lipinski definition) is 7. The van der Waals surface area contributed by atoms with Gasteiger partial charge in [-0.3, -0.25) is 4.79 Å². The first-order valence-electron chi connectivity index (χ1n) is 8.76. The number of hydrogen-bond donors (Lipinski definition) is 0. The number of carbonyl (C=O) groups is 1. The standard InChI is InChI=1S/C19H20N2O6/c1-24-18(23)16-17(22)21(8-7-20-16)13-9-14-15(25-10-13)11-26-19(27-14)12-5-3-2-4-6-12/h2-8,13-15,19H,9-11H2,1H3/t13-,14-,15+,19?/m0/s1. The molecule has 2 aromatic rings. The van der Waals surface area contributed by atoms with Crippen LogP contribution in [0.5, 0.6) is 0 Å². The van der Waals surface area contributed by atoms with Gasteiger partial charge in [0, 0.05) is 18.0 Å². The van der Waals surface area contributed by atoms with Gasteiger partial charge in [0.1, 0.15) is 6.10 Å². The maximum atomic E-state index is 12.6. The number of methoxy groups -OCH3 is 1. The highest BCUT2D eigenvalue weighted by molar-refractivity contribution is 5.86. The van der Waals surface area contributed by atoms with Crippen molar-refractivity contribution in [1.82, 2.24) is 9.55 Å². The van der Waals surface area contributed by atoms with Crippen molar-refractivity contribution in [3.8, 4) is 0 Å². The Morgan fingerprint density at radius 3 is 2.78 bits per heavy atom. The lowest BCUT2D eigenvalue weighted by molar-refractivity contribution is -0.282. The van der Waals surface area contributed by atoms with Crippen molar-refractivity contribution in [1.29, 1.82) is 0 Å². The lowest BCUT2D eigenvalue weighted by Gasteiger charge is -2.42. The van der Waals surface area contributed by atoms with Gasteiger partial charge in [0.2, 0.25) is 5.69 Å². The normalized spacial score (nSPS) is 27.6. The molecule has 3 heterocycles. The summed E-state index contributed by atoms with van der Waals surface area (Å²) in [5.74, 6) is -0.754. The molecule has 8 heteroatoms. The number of benzene rings is 1. The fraction of sp³-hybridized carbons (Fsp3) is 0.421. The zero-order valence-electron chi connectivity index (χ0n) is 14.8. The largest absolute Gasteiger partial charge is 0.464 e. The van der Waals surface area contributed by atoms with Gasteiger partial charge >= 0.3 is 5.97 Å². The molecule has 0 bridgehead atoms. The van der Waals surface area contributed by atoms with Crippen LogP contribution in [0.25, 0.3) is 0 Å². The van der Waals surface area contributed by atoms with E-state index in [-0.39, 0.29) is 23.9 Å². The molecule has 2 aliphatic rings. The zero-order chi connectivity index (χ0) is 18.8. The minimum atomic E-state index is -0.754. The maximum Gasteiger partial charge on any atom is 0.362 e. The summed E-state index contributed by atoms with van der Waals surface area (Å²) in [6.45, 7) is 0.754. The van der Waals surface area contributed by atoms with Gasteiger partial charge in [-0.2, -0.15) is 0 Å². The fourth-order valence-electron chi connectivity index (χ4n) is 3.44. The lowest BCUT2D eigenvalue weighted by Crippen LogP contribution is -2.49. The van der Waals surface area contributed by atoms with Crippen molar-refractivity contribution in [2.24, 2.45) is 0 Å². The smallest absolute Gasteiger partial charge is 0.362 e. The van der Waals surface area contributed by atoms with Gasteiger partial charge in [-0.1, -0.05) is 30.3 Å². The molecule has 1 aromatic heterocycles. The summed E-state index contributed by atoms with van der Waals surface area (Å²) < 4.78 is 23.8. The third-order valence-corrected chi connectivity index (χ3v) is 4.84. The molecule has 142 valence electrons. The monoisotopic (exact) mass is 372 g/mol. The Labute approximate surface area is 155 Å². The Kier molecular flexibility index (Phi) is 5.02. The molecule has 27 heavy (non-hydrogen) atoms. The summed E-state index contributed by atoms with van der Waals surface area (Å²) in [6.07, 6.45) is 2.67. The molecule has 2 saturated heterocycles. The van der Waals surface area contributed by atoms with Crippen LogP contribution in [0.1, 0.15) is 34.8 Å². The summed E-state index contributed by atoms with van der Waals surface area (Å²) in [4.78, 5) is 28.2. The van der Waals surface area contributed by atoms with Crippen LogP contribution in [0.4, 0.5) is 0 Å². The molecule has 0 aliphatic carbocycles. The van der Waals surface area contributed by atoms with E-state index in [0.717, 1.165) is 5.56 Å². The maximum absolute atomic E-state index is 12.6. The van der Waals surface area contributed by atoms with E-state index >= 15 is 0 Å². The SMILES string of the molecule is COC(=O)c1nccn([C@@H]2CO[C@@H]3COC(c4ccccc4)O[C@H]3C2)c1=O. The van der Waals surface area contributed by atoms with E-state index in [1.54, 1.807) is 6.20 Å². The fourth-order valence-corrected chi connectivity index (χ4v) is 3.44. The van der Waals surface area contributed by atoms with E-state index < -0.39 is 17.8 Å². The number of aromatic nitrogens is 2. The third-order valence-electron chi connectivity index (χ3n) is 4.84. The number of ether oxygens (including phenoxy) is 4. The van der Waals surface area contributed by atoms with Crippen LogP contribution < -0.4 is 5.56 Å². The van der Waals surface area contributed by atoms with Crippen LogP contribution in [0, 0.1) is 0 Å². The van der Waals surface area contributed by atoms with Crippen molar-refractivity contribution in [2.45, 2.75) is 31.0 Å². The number of nitrogens with zero attached hydrogens (tertiary/aromatic N) is 2. The Bertz CT molecular complexity index is 868. The molecule has 2 aliphatic heterocycles. The molecule has 4 rings (SSSR count). The van der Waals surface area contributed by atoms with Gasteiger partial charge in [0.15, 0.2) is 6.29 Å². The quantitative estimate of drug-likeness (QED) is 0.754. The highest BCUT2D eigenvalue weighted by atomic mass is 16.7. The molecule has 1 aromatic carbocycles. The molecule has 2 fully saturated rings. The topological polar surface area (TPSA) is 88.9 Å². The average molecular weight is 372 g/mol. The summed E-state index contributed by atoms with van der Waals surface area (Å²) in [5, 5.41) is 0. The van der Waals surface area contributed by atoms with Gasteiger partial charge in [0.05, 0.1) is 32.5 Å². The van der Waals surface area contributed by atoms with E-state index in [2.05, 4.69) is 9.72 Å². The summed E-state index contributed by atoms with van der Waals surface area (Å²) >= 11 is 0. The molecule has 8 nitrogen and oxygen atoms in total. The van der Waals surface area contributed by atoms with E-state index in [9.17, 15) is 9.59 Å². The predicted molar refractivity (Wildman–Crippen MR) is 93.2 cm³/mol. The van der Waals surface area contributed by atoms with Gasteiger partial charge < -0.3 is 23.5 Å². The highest BCUT2D eigenvalue weighted by Crippen LogP contribution is 2.34. The van der Waals surface area contributed by atoms with Crippen LogP contribution in [-0.2, 0) is 18.9 Å². The Morgan fingerprint density at radius 2 is 2.00 bits per heavy atom. The summed E-state index contributed by atoms with van der Waals surface area (Å²) in [5.41, 5.74) is 0.201. The highest BCUT2D eigenvalue weighted by Gasteiger charge is 2.39. The second kappa shape index (κ2) is 7.59. The van der Waals surface area contributed by atoms with Crippen LogP contribution in [0.2, 0.25) is 0 Å². The number of rotatable bonds is 3. The van der Waals surface area contributed by atoms with Gasteiger partial charge in [0.25, 0.3) is 5.56 Å². The van der Waals surface area contributed by atoms with Gasteiger partial charge in [-0.15, -0.1) is 0 Å². The Hall–Kier alpha value is -2.55. The molecule has 0 saturated carbocycles. The van der Waals surface area contributed by atoms with Crippen molar-refractivity contribution in [3.05, 3.63) is 64.3 Å². The molecule has 0 amide bonds. The molecule has 0 N–H and O–H groups in total. The van der Waals surface area contributed by atoms with Crippen LogP contribution in [-0.4, -0.2) is 48.1 Å². The first kappa shape index (κ1) is 17.8. The Morgan fingerprint density at radius 1 is 1.19 bits per heavy atom. The van der Waals surface area contributed by atoms with Crippen LogP contribution >= 0.6 is 0 Å². The lowest BCUT2D eigenvalue weighted by atomic mass is 10.00. The second-order valence-corrected chi connectivity index (χ2v) is 6.49.